The van der Waals surface area contributed by atoms with Crippen LogP contribution in [0.1, 0.15) is 45.2 Å². The lowest BCUT2D eigenvalue weighted by atomic mass is 10.1. The summed E-state index contributed by atoms with van der Waals surface area (Å²) in [7, 11) is -4.22. The fourth-order valence-electron chi connectivity index (χ4n) is 4.85. The molecule has 0 aliphatic carbocycles. The molecule has 242 valence electrons. The van der Waals surface area contributed by atoms with E-state index in [4.69, 9.17) is 16.3 Å². The molecule has 0 spiro atoms. The maximum absolute atomic E-state index is 14.3. The molecule has 2 amide bonds. The molecule has 1 N–H and O–H groups in total. The van der Waals surface area contributed by atoms with Crippen LogP contribution in [0.5, 0.6) is 11.5 Å². The molecule has 0 saturated heterocycles. The number of anilines is 1. The van der Waals surface area contributed by atoms with Gasteiger partial charge in [0.2, 0.25) is 11.8 Å². The van der Waals surface area contributed by atoms with E-state index >= 15 is 0 Å². The summed E-state index contributed by atoms with van der Waals surface area (Å²) in [5.74, 6) is 0.227. The standard InChI is InChI=1S/C36H40ClN3O5S/c1-6-33(35(42)38-36(3,4)5)39(24-27-12-10-11-15-32(27)37)34(41)25-40(46(43,44)31-22-16-26(2)17-23-31)28-18-20-30(21-19-28)45-29-13-8-7-9-14-29/h7-23,33H,6,24-25H2,1-5H3,(H,38,42)/t33-/m1/s1. The number of carbonyl (C=O) groups excluding carboxylic acids is 2. The molecule has 0 aromatic heterocycles. The van der Waals surface area contributed by atoms with Gasteiger partial charge in [-0.15, -0.1) is 0 Å². The van der Waals surface area contributed by atoms with Gasteiger partial charge in [0.1, 0.15) is 24.1 Å². The van der Waals surface area contributed by atoms with Crippen LogP contribution in [0, 0.1) is 6.92 Å². The van der Waals surface area contributed by atoms with Crippen molar-refractivity contribution < 1.29 is 22.7 Å². The number of rotatable bonds is 12. The average Bonchev–Trinajstić information content (AvgIpc) is 3.01. The van der Waals surface area contributed by atoms with Crippen LogP contribution >= 0.6 is 11.6 Å². The quantitative estimate of drug-likeness (QED) is 0.171. The molecular formula is C36H40ClN3O5S. The second kappa shape index (κ2) is 14.8. The van der Waals surface area contributed by atoms with Crippen LogP contribution in [-0.2, 0) is 26.2 Å². The molecule has 8 nitrogen and oxygen atoms in total. The van der Waals surface area contributed by atoms with Gasteiger partial charge in [-0.05, 0) is 94.3 Å². The third kappa shape index (κ3) is 8.89. The molecule has 0 saturated carbocycles. The molecular weight excluding hydrogens is 622 g/mol. The first-order valence-electron chi connectivity index (χ1n) is 15.1. The highest BCUT2D eigenvalue weighted by molar-refractivity contribution is 7.92. The van der Waals surface area contributed by atoms with Gasteiger partial charge in [0.25, 0.3) is 10.0 Å². The van der Waals surface area contributed by atoms with Gasteiger partial charge in [0.15, 0.2) is 0 Å². The Labute approximate surface area is 277 Å². The Morgan fingerprint density at radius 1 is 0.848 bits per heavy atom. The fraction of sp³-hybridized carbons (Fsp3) is 0.278. The molecule has 0 radical (unpaired) electrons. The molecule has 0 heterocycles. The normalized spacial score (nSPS) is 12.2. The van der Waals surface area contributed by atoms with Crippen molar-refractivity contribution in [2.75, 3.05) is 10.8 Å². The van der Waals surface area contributed by atoms with E-state index in [0.29, 0.717) is 28.5 Å². The molecule has 0 fully saturated rings. The lowest BCUT2D eigenvalue weighted by Gasteiger charge is -2.35. The van der Waals surface area contributed by atoms with Crippen molar-refractivity contribution in [1.82, 2.24) is 10.2 Å². The highest BCUT2D eigenvalue weighted by Crippen LogP contribution is 2.29. The Hall–Kier alpha value is -4.34. The molecule has 4 rings (SSSR count). The number of halogens is 1. The van der Waals surface area contributed by atoms with E-state index in [0.717, 1.165) is 9.87 Å². The van der Waals surface area contributed by atoms with E-state index in [1.54, 1.807) is 60.7 Å². The maximum Gasteiger partial charge on any atom is 0.264 e. The summed E-state index contributed by atoms with van der Waals surface area (Å²) >= 11 is 6.49. The summed E-state index contributed by atoms with van der Waals surface area (Å²) in [4.78, 5) is 29.3. The number of nitrogens with zero attached hydrogens (tertiary/aromatic N) is 2. The zero-order chi connectivity index (χ0) is 33.5. The molecule has 4 aromatic rings. The summed E-state index contributed by atoms with van der Waals surface area (Å²) in [6, 6.07) is 28.3. The Morgan fingerprint density at radius 2 is 1.43 bits per heavy atom. The van der Waals surface area contributed by atoms with Crippen molar-refractivity contribution in [3.63, 3.8) is 0 Å². The van der Waals surface area contributed by atoms with E-state index in [1.807, 2.05) is 65.0 Å². The van der Waals surface area contributed by atoms with E-state index in [1.165, 1.54) is 17.0 Å². The molecule has 0 unspecified atom stereocenters. The molecule has 0 aliphatic rings. The van der Waals surface area contributed by atoms with Gasteiger partial charge in [-0.3, -0.25) is 13.9 Å². The number of para-hydroxylation sites is 1. The van der Waals surface area contributed by atoms with Gasteiger partial charge in [-0.25, -0.2) is 8.42 Å². The molecule has 4 aromatic carbocycles. The highest BCUT2D eigenvalue weighted by atomic mass is 35.5. The average molecular weight is 662 g/mol. The largest absolute Gasteiger partial charge is 0.457 e. The minimum Gasteiger partial charge on any atom is -0.457 e. The number of aryl methyl sites for hydroxylation is 1. The second-order valence-corrected chi connectivity index (χ2v) is 14.3. The Kier molecular flexibility index (Phi) is 11.1. The lowest BCUT2D eigenvalue weighted by Crippen LogP contribution is -2.55. The van der Waals surface area contributed by atoms with Gasteiger partial charge < -0.3 is 15.0 Å². The van der Waals surface area contributed by atoms with Crippen LogP contribution in [0.25, 0.3) is 0 Å². The lowest BCUT2D eigenvalue weighted by molar-refractivity contribution is -0.141. The van der Waals surface area contributed by atoms with Crippen LogP contribution in [-0.4, -0.2) is 43.3 Å². The minimum absolute atomic E-state index is 0.0108. The first kappa shape index (κ1) is 34.5. The van der Waals surface area contributed by atoms with Crippen molar-refractivity contribution in [2.45, 2.75) is 64.1 Å². The number of sulfonamides is 1. The smallest absolute Gasteiger partial charge is 0.264 e. The van der Waals surface area contributed by atoms with Crippen molar-refractivity contribution in [3.8, 4) is 11.5 Å². The van der Waals surface area contributed by atoms with Crippen molar-refractivity contribution in [1.29, 1.82) is 0 Å². The van der Waals surface area contributed by atoms with Gasteiger partial charge >= 0.3 is 0 Å². The van der Waals surface area contributed by atoms with E-state index in [2.05, 4.69) is 5.32 Å². The maximum atomic E-state index is 14.3. The predicted molar refractivity (Wildman–Crippen MR) is 183 cm³/mol. The zero-order valence-electron chi connectivity index (χ0n) is 26.7. The first-order chi connectivity index (χ1) is 21.8. The summed E-state index contributed by atoms with van der Waals surface area (Å²) in [6.45, 7) is 8.71. The van der Waals surface area contributed by atoms with Crippen LogP contribution in [0.2, 0.25) is 5.02 Å². The molecule has 1 atom stereocenters. The highest BCUT2D eigenvalue weighted by Gasteiger charge is 2.35. The van der Waals surface area contributed by atoms with E-state index in [9.17, 15) is 18.0 Å². The molecule has 10 heteroatoms. The topological polar surface area (TPSA) is 96.0 Å². The minimum atomic E-state index is -4.22. The number of hydrogen-bond donors (Lipinski definition) is 1. The number of carbonyl (C=O) groups is 2. The van der Waals surface area contributed by atoms with Crippen molar-refractivity contribution >= 4 is 39.1 Å². The van der Waals surface area contributed by atoms with Crippen LogP contribution in [0.15, 0.2) is 108 Å². The summed E-state index contributed by atoms with van der Waals surface area (Å²) in [6.07, 6.45) is 0.300. The molecule has 46 heavy (non-hydrogen) atoms. The summed E-state index contributed by atoms with van der Waals surface area (Å²) in [5.41, 5.74) is 1.24. The number of nitrogens with one attached hydrogen (secondary N) is 1. The number of amides is 2. The predicted octanol–water partition coefficient (Wildman–Crippen LogP) is 7.36. The van der Waals surface area contributed by atoms with E-state index in [-0.39, 0.29) is 23.0 Å². The van der Waals surface area contributed by atoms with Crippen LogP contribution in [0.4, 0.5) is 5.69 Å². The third-order valence-corrected chi connectivity index (χ3v) is 9.33. The first-order valence-corrected chi connectivity index (χ1v) is 16.9. The third-order valence-electron chi connectivity index (χ3n) is 7.17. The Morgan fingerprint density at radius 3 is 2.02 bits per heavy atom. The number of ether oxygens (including phenoxy) is 1. The number of benzene rings is 4. The van der Waals surface area contributed by atoms with Crippen LogP contribution < -0.4 is 14.4 Å². The fourth-order valence-corrected chi connectivity index (χ4v) is 6.46. The van der Waals surface area contributed by atoms with Crippen molar-refractivity contribution in [3.05, 3.63) is 119 Å². The number of hydrogen-bond acceptors (Lipinski definition) is 5. The molecule has 0 aliphatic heterocycles. The van der Waals surface area contributed by atoms with Gasteiger partial charge in [-0.2, -0.15) is 0 Å². The molecule has 0 bridgehead atoms. The second-order valence-electron chi connectivity index (χ2n) is 12.0. The van der Waals surface area contributed by atoms with Crippen LogP contribution in [0.3, 0.4) is 0 Å². The van der Waals surface area contributed by atoms with Crippen molar-refractivity contribution in [2.24, 2.45) is 0 Å². The van der Waals surface area contributed by atoms with E-state index < -0.39 is 34.1 Å². The van der Waals surface area contributed by atoms with Gasteiger partial charge in [-0.1, -0.05) is 72.6 Å². The zero-order valence-corrected chi connectivity index (χ0v) is 28.3. The monoisotopic (exact) mass is 661 g/mol. The summed E-state index contributed by atoms with van der Waals surface area (Å²) < 4.78 is 35.3. The Balaban J connectivity index is 1.74. The summed E-state index contributed by atoms with van der Waals surface area (Å²) in [5, 5.41) is 3.40. The van der Waals surface area contributed by atoms with Gasteiger partial charge in [0.05, 0.1) is 10.6 Å². The SMILES string of the molecule is CC[C@H](C(=O)NC(C)(C)C)N(Cc1ccccc1Cl)C(=O)CN(c1ccc(Oc2ccccc2)cc1)S(=O)(=O)c1ccc(C)cc1. The van der Waals surface area contributed by atoms with Gasteiger partial charge in [0, 0.05) is 17.1 Å². The Bertz CT molecular complexity index is 1740.